The average molecular weight is 481 g/mol. The number of carbonyl (C=O) groups is 2. The van der Waals surface area contributed by atoms with E-state index in [2.05, 4.69) is 0 Å². The van der Waals surface area contributed by atoms with Crippen molar-refractivity contribution in [2.24, 2.45) is 0 Å². The molecule has 1 aromatic heterocycles. The number of hydrogen-bond acceptors (Lipinski definition) is 8. The van der Waals surface area contributed by atoms with Crippen LogP contribution in [-0.2, 0) is 4.79 Å². The van der Waals surface area contributed by atoms with Crippen molar-refractivity contribution in [2.45, 2.75) is 6.04 Å². The number of aliphatic hydroxyl groups excluding tert-OH is 1. The maximum atomic E-state index is 13.8. The Kier molecular flexibility index (Phi) is 6.70. The predicted molar refractivity (Wildman–Crippen MR) is 129 cm³/mol. The van der Waals surface area contributed by atoms with Crippen molar-refractivity contribution in [3.63, 3.8) is 0 Å². The van der Waals surface area contributed by atoms with Crippen molar-refractivity contribution in [3.8, 4) is 17.2 Å². The van der Waals surface area contributed by atoms with Crippen LogP contribution in [0, 0.1) is 0 Å². The van der Waals surface area contributed by atoms with Gasteiger partial charge >= 0.3 is 0 Å². The van der Waals surface area contributed by atoms with Gasteiger partial charge in [-0.05, 0) is 38.4 Å². The third-order valence-electron chi connectivity index (χ3n) is 6.02. The average Bonchev–Trinajstić information content (AvgIpc) is 3.41. The molecule has 1 aliphatic heterocycles. The van der Waals surface area contributed by atoms with Crippen LogP contribution < -0.4 is 14.2 Å². The summed E-state index contributed by atoms with van der Waals surface area (Å²) in [6.45, 7) is 0.803. The van der Waals surface area contributed by atoms with Gasteiger partial charge in [-0.3, -0.25) is 9.59 Å². The molecule has 2 heterocycles. The summed E-state index contributed by atoms with van der Waals surface area (Å²) < 4.78 is 22.1. The van der Waals surface area contributed by atoms with Crippen LogP contribution in [0.15, 0.2) is 58.2 Å². The Balaban J connectivity index is 1.85. The number of para-hydroxylation sites is 1. The highest BCUT2D eigenvalue weighted by Crippen LogP contribution is 2.44. The molecule has 2 aromatic carbocycles. The van der Waals surface area contributed by atoms with Gasteiger partial charge in [0.2, 0.25) is 5.78 Å². The minimum absolute atomic E-state index is 0.00853. The number of carbonyl (C=O) groups excluding carboxylic acids is 2. The molecule has 1 N–H and O–H groups in total. The third-order valence-corrected chi connectivity index (χ3v) is 6.02. The second-order valence-corrected chi connectivity index (χ2v) is 8.39. The molecular weight excluding hydrogens is 452 g/mol. The molecule has 184 valence electrons. The number of amides is 1. The highest BCUT2D eigenvalue weighted by atomic mass is 16.5. The van der Waals surface area contributed by atoms with Crippen molar-refractivity contribution in [1.29, 1.82) is 0 Å². The van der Waals surface area contributed by atoms with Gasteiger partial charge in [-0.2, -0.15) is 0 Å². The first kappa shape index (κ1) is 24.2. The topological polar surface area (TPSA) is 102 Å². The van der Waals surface area contributed by atoms with Gasteiger partial charge in [-0.25, -0.2) is 0 Å². The lowest BCUT2D eigenvalue weighted by molar-refractivity contribution is -0.129. The SMILES string of the molecule is COc1ccc(C2C(C(=O)c3cc4cccc(OC)c4o3)=C(O)C(=O)N2CCN(C)C)c(OC)c1. The Morgan fingerprint density at radius 3 is 2.46 bits per heavy atom. The molecule has 0 saturated heterocycles. The van der Waals surface area contributed by atoms with Crippen LogP contribution in [0.1, 0.15) is 22.2 Å². The van der Waals surface area contributed by atoms with E-state index in [4.69, 9.17) is 18.6 Å². The van der Waals surface area contributed by atoms with E-state index in [1.807, 2.05) is 19.0 Å². The summed E-state index contributed by atoms with van der Waals surface area (Å²) in [6, 6.07) is 11.1. The monoisotopic (exact) mass is 480 g/mol. The highest BCUT2D eigenvalue weighted by molar-refractivity contribution is 6.16. The van der Waals surface area contributed by atoms with E-state index in [9.17, 15) is 14.7 Å². The number of ether oxygens (including phenoxy) is 3. The molecule has 1 unspecified atom stereocenters. The maximum Gasteiger partial charge on any atom is 0.290 e. The number of fused-ring (bicyclic) bond motifs is 1. The normalized spacial score (nSPS) is 15.9. The third kappa shape index (κ3) is 4.30. The zero-order valence-electron chi connectivity index (χ0n) is 20.3. The second kappa shape index (κ2) is 9.71. The Morgan fingerprint density at radius 1 is 1.06 bits per heavy atom. The number of benzene rings is 2. The van der Waals surface area contributed by atoms with Crippen LogP contribution in [0.2, 0.25) is 0 Å². The molecular formula is C26H28N2O7. The number of ketones is 1. The molecule has 35 heavy (non-hydrogen) atoms. The standard InChI is InChI=1S/C26H28N2O7/c1-27(2)11-12-28-22(17-10-9-16(32-3)14-19(17)34-5)21(24(30)26(28)31)23(29)20-13-15-7-6-8-18(33-4)25(15)35-20/h6-10,13-14,22,30H,11-12H2,1-5H3. The summed E-state index contributed by atoms with van der Waals surface area (Å²) >= 11 is 0. The van der Waals surface area contributed by atoms with Crippen molar-refractivity contribution in [2.75, 3.05) is 48.5 Å². The summed E-state index contributed by atoms with van der Waals surface area (Å²) in [4.78, 5) is 30.3. The minimum Gasteiger partial charge on any atom is -0.503 e. The van der Waals surface area contributed by atoms with Crippen LogP contribution >= 0.6 is 0 Å². The van der Waals surface area contributed by atoms with Gasteiger partial charge in [-0.1, -0.05) is 12.1 Å². The summed E-state index contributed by atoms with van der Waals surface area (Å²) in [6.07, 6.45) is 0. The molecule has 3 aromatic rings. The Bertz CT molecular complexity index is 1310. The quantitative estimate of drug-likeness (QED) is 0.464. The lowest BCUT2D eigenvalue weighted by atomic mass is 9.94. The van der Waals surface area contributed by atoms with Gasteiger partial charge in [0.1, 0.15) is 11.5 Å². The van der Waals surface area contributed by atoms with Gasteiger partial charge in [0.25, 0.3) is 5.91 Å². The van der Waals surface area contributed by atoms with Crippen molar-refractivity contribution in [3.05, 3.63) is 65.1 Å². The second-order valence-electron chi connectivity index (χ2n) is 8.39. The molecule has 0 bridgehead atoms. The number of furan rings is 1. The fourth-order valence-corrected chi connectivity index (χ4v) is 4.23. The number of likely N-dealkylation sites (N-methyl/N-ethyl adjacent to an activating group) is 1. The molecule has 1 aliphatic rings. The smallest absolute Gasteiger partial charge is 0.290 e. The summed E-state index contributed by atoms with van der Waals surface area (Å²) in [7, 11) is 8.30. The Morgan fingerprint density at radius 2 is 1.80 bits per heavy atom. The molecule has 9 nitrogen and oxygen atoms in total. The molecule has 0 fully saturated rings. The number of methoxy groups -OCH3 is 3. The highest BCUT2D eigenvalue weighted by Gasteiger charge is 2.45. The van der Waals surface area contributed by atoms with Crippen molar-refractivity contribution in [1.82, 2.24) is 9.80 Å². The number of hydrogen-bond donors (Lipinski definition) is 1. The fourth-order valence-electron chi connectivity index (χ4n) is 4.23. The number of aliphatic hydroxyl groups is 1. The molecule has 0 saturated carbocycles. The maximum absolute atomic E-state index is 13.8. The van der Waals surface area contributed by atoms with E-state index in [0.29, 0.717) is 40.3 Å². The fraction of sp³-hybridized carbons (Fsp3) is 0.308. The van der Waals surface area contributed by atoms with Gasteiger partial charge in [-0.15, -0.1) is 0 Å². The van der Waals surface area contributed by atoms with E-state index >= 15 is 0 Å². The van der Waals surface area contributed by atoms with E-state index in [1.165, 1.54) is 26.2 Å². The van der Waals surface area contributed by atoms with Crippen molar-refractivity contribution >= 4 is 22.7 Å². The van der Waals surface area contributed by atoms with E-state index in [-0.39, 0.29) is 17.9 Å². The number of nitrogens with zero attached hydrogens (tertiary/aromatic N) is 2. The zero-order chi connectivity index (χ0) is 25.3. The van der Waals surface area contributed by atoms with E-state index in [1.54, 1.807) is 42.5 Å². The summed E-state index contributed by atoms with van der Waals surface area (Å²) in [5.41, 5.74) is 0.877. The Hall–Kier alpha value is -3.98. The van der Waals surface area contributed by atoms with Crippen LogP contribution in [0.4, 0.5) is 0 Å². The van der Waals surface area contributed by atoms with Gasteiger partial charge in [0.05, 0.1) is 32.9 Å². The molecule has 0 spiro atoms. The first-order valence-electron chi connectivity index (χ1n) is 11.0. The van der Waals surface area contributed by atoms with Gasteiger partial charge in [0.15, 0.2) is 22.9 Å². The largest absolute Gasteiger partial charge is 0.503 e. The lowest BCUT2D eigenvalue weighted by Gasteiger charge is -2.29. The van der Waals surface area contributed by atoms with Crippen LogP contribution in [-0.4, -0.2) is 75.1 Å². The molecule has 0 aliphatic carbocycles. The van der Waals surface area contributed by atoms with Crippen molar-refractivity contribution < 1.29 is 33.3 Å². The van der Waals surface area contributed by atoms with E-state index < -0.39 is 23.5 Å². The number of Topliss-reactive ketones (excluding diaryl/α,β-unsaturated/α-hetero) is 1. The Labute approximate surface area is 203 Å². The molecule has 1 atom stereocenters. The predicted octanol–water partition coefficient (Wildman–Crippen LogP) is 3.60. The molecule has 4 rings (SSSR count). The molecule has 9 heteroatoms. The van der Waals surface area contributed by atoms with E-state index in [0.717, 1.165) is 0 Å². The lowest BCUT2D eigenvalue weighted by Crippen LogP contribution is -2.36. The van der Waals surface area contributed by atoms with Crippen LogP contribution in [0.5, 0.6) is 17.2 Å². The first-order chi connectivity index (χ1) is 16.8. The number of rotatable bonds is 9. The van der Waals surface area contributed by atoms with Crippen LogP contribution in [0.3, 0.4) is 0 Å². The first-order valence-corrected chi connectivity index (χ1v) is 11.0. The molecule has 0 radical (unpaired) electrons. The van der Waals surface area contributed by atoms with Gasteiger partial charge in [0, 0.05) is 30.1 Å². The van der Waals surface area contributed by atoms with Crippen LogP contribution in [0.25, 0.3) is 11.0 Å². The van der Waals surface area contributed by atoms with Gasteiger partial charge < -0.3 is 33.5 Å². The summed E-state index contributed by atoms with van der Waals surface area (Å²) in [5, 5.41) is 11.6. The molecule has 1 amide bonds. The summed E-state index contributed by atoms with van der Waals surface area (Å²) in [5.74, 6) is -0.391. The minimum atomic E-state index is -0.883. The zero-order valence-corrected chi connectivity index (χ0v) is 20.3.